The van der Waals surface area contributed by atoms with E-state index in [0.29, 0.717) is 41.8 Å². The third-order valence-electron chi connectivity index (χ3n) is 4.60. The van der Waals surface area contributed by atoms with E-state index in [4.69, 9.17) is 10.5 Å². The van der Waals surface area contributed by atoms with Gasteiger partial charge in [-0.3, -0.25) is 4.79 Å². The van der Waals surface area contributed by atoms with Gasteiger partial charge < -0.3 is 15.8 Å². The van der Waals surface area contributed by atoms with E-state index < -0.39 is 0 Å². The second-order valence-corrected chi connectivity index (χ2v) is 8.22. The molecule has 8 nitrogen and oxygen atoms in total. The van der Waals surface area contributed by atoms with Crippen molar-refractivity contribution in [3.63, 3.8) is 0 Å². The molecule has 0 saturated carbocycles. The highest BCUT2D eigenvalue weighted by Gasteiger charge is 2.23. The van der Waals surface area contributed by atoms with E-state index in [1.165, 1.54) is 4.68 Å². The number of benzene rings is 1. The maximum Gasteiger partial charge on any atom is 0.257 e. The molecule has 9 heteroatoms. The van der Waals surface area contributed by atoms with Crippen molar-refractivity contribution in [3.8, 4) is 0 Å². The lowest BCUT2D eigenvalue weighted by Crippen LogP contribution is -2.26. The molecular weight excluding hydrogens is 412 g/mol. The van der Waals surface area contributed by atoms with Crippen molar-refractivity contribution in [3.05, 3.63) is 52.2 Å². The summed E-state index contributed by atoms with van der Waals surface area (Å²) in [6, 6.07) is 11.4. The number of fused-ring (bicyclic) bond motifs is 2. The van der Waals surface area contributed by atoms with Crippen molar-refractivity contribution in [2.24, 2.45) is 5.10 Å². The Bertz CT molecular complexity index is 1230. The summed E-state index contributed by atoms with van der Waals surface area (Å²) in [5.74, 6) is -0.101. The molecule has 0 spiro atoms. The van der Waals surface area contributed by atoms with Crippen LogP contribution in [0.3, 0.4) is 0 Å². The highest BCUT2D eigenvalue weighted by Crippen LogP contribution is 2.27. The number of hydrogen-bond donors (Lipinski definition) is 2. The molecule has 31 heavy (non-hydrogen) atoms. The summed E-state index contributed by atoms with van der Waals surface area (Å²) in [5.41, 5.74) is 8.92. The summed E-state index contributed by atoms with van der Waals surface area (Å²) < 4.78 is 7.00. The molecule has 0 unspecified atom stereocenters. The van der Waals surface area contributed by atoms with Gasteiger partial charge in [-0.2, -0.15) is 9.78 Å². The molecule has 0 atom stereocenters. The van der Waals surface area contributed by atoms with E-state index in [2.05, 4.69) is 20.4 Å². The zero-order chi connectivity index (χ0) is 21.8. The minimum absolute atomic E-state index is 0.161. The standard InChI is InChI=1S/C22H24N6O2S/c1-14(2)30-11-6-10-24-22(29)18-19-21(27-17-9-4-3-8-16(17)26-19)28(20(18)23)25-13-15-7-5-12-31-15/h3-5,7-9,12-14H,6,10-11,23H2,1-2H3,(H,24,29)/b25-13+. The van der Waals surface area contributed by atoms with Crippen LogP contribution in [-0.2, 0) is 4.74 Å². The quantitative estimate of drug-likeness (QED) is 0.324. The van der Waals surface area contributed by atoms with Crippen LogP contribution in [0.4, 0.5) is 5.82 Å². The van der Waals surface area contributed by atoms with Crippen LogP contribution in [0.2, 0.25) is 0 Å². The van der Waals surface area contributed by atoms with Crippen molar-refractivity contribution in [2.75, 3.05) is 18.9 Å². The first-order valence-electron chi connectivity index (χ1n) is 10.1. The number of carbonyl (C=O) groups excluding carboxylic acids is 1. The molecule has 0 fully saturated rings. The smallest absolute Gasteiger partial charge is 0.257 e. The van der Waals surface area contributed by atoms with Gasteiger partial charge in [-0.1, -0.05) is 18.2 Å². The van der Waals surface area contributed by atoms with E-state index in [9.17, 15) is 4.79 Å². The Kier molecular flexibility index (Phi) is 6.24. The van der Waals surface area contributed by atoms with Crippen molar-refractivity contribution >= 4 is 51.5 Å². The Balaban J connectivity index is 1.70. The fourth-order valence-corrected chi connectivity index (χ4v) is 3.73. The molecule has 4 rings (SSSR count). The predicted molar refractivity (Wildman–Crippen MR) is 125 cm³/mol. The monoisotopic (exact) mass is 436 g/mol. The molecule has 4 aromatic rings. The number of nitrogen functional groups attached to an aromatic ring is 1. The first-order chi connectivity index (χ1) is 15.0. The average Bonchev–Trinajstić information content (AvgIpc) is 3.35. The van der Waals surface area contributed by atoms with E-state index in [1.54, 1.807) is 17.6 Å². The number of rotatable bonds is 8. The number of para-hydroxylation sites is 2. The minimum atomic E-state index is -0.304. The number of carbonyl (C=O) groups is 1. The van der Waals surface area contributed by atoms with E-state index in [-0.39, 0.29) is 23.4 Å². The third kappa shape index (κ3) is 4.57. The van der Waals surface area contributed by atoms with Crippen LogP contribution in [0, 0.1) is 0 Å². The van der Waals surface area contributed by atoms with E-state index in [1.807, 2.05) is 55.6 Å². The topological polar surface area (TPSA) is 107 Å². The van der Waals surface area contributed by atoms with Gasteiger partial charge in [-0.05, 0) is 43.8 Å². The second-order valence-electron chi connectivity index (χ2n) is 7.25. The lowest BCUT2D eigenvalue weighted by Gasteiger charge is -2.08. The molecular formula is C22H24N6O2S. The Hall–Kier alpha value is -3.30. The maximum absolute atomic E-state index is 13.0. The zero-order valence-electron chi connectivity index (χ0n) is 17.4. The molecule has 0 radical (unpaired) electrons. The van der Waals surface area contributed by atoms with Gasteiger partial charge in [-0.25, -0.2) is 9.97 Å². The number of hydrogen-bond acceptors (Lipinski definition) is 7. The van der Waals surface area contributed by atoms with Gasteiger partial charge in [0.2, 0.25) is 0 Å². The molecule has 0 saturated heterocycles. The van der Waals surface area contributed by atoms with E-state index >= 15 is 0 Å². The van der Waals surface area contributed by atoms with Crippen LogP contribution >= 0.6 is 11.3 Å². The van der Waals surface area contributed by atoms with Crippen molar-refractivity contribution in [2.45, 2.75) is 26.4 Å². The molecule has 3 aromatic heterocycles. The van der Waals surface area contributed by atoms with Crippen molar-refractivity contribution in [1.82, 2.24) is 20.0 Å². The summed E-state index contributed by atoms with van der Waals surface area (Å²) >= 11 is 1.56. The fraction of sp³-hybridized carbons (Fsp3) is 0.273. The summed E-state index contributed by atoms with van der Waals surface area (Å²) in [7, 11) is 0. The number of thiophene rings is 1. The Morgan fingerprint density at radius 2 is 2.03 bits per heavy atom. The second kappa shape index (κ2) is 9.23. The molecule has 0 aliphatic rings. The van der Waals surface area contributed by atoms with Gasteiger partial charge in [0.25, 0.3) is 5.91 Å². The number of ether oxygens (including phenoxy) is 1. The Morgan fingerprint density at radius 1 is 1.26 bits per heavy atom. The number of aromatic nitrogens is 3. The van der Waals surface area contributed by atoms with Crippen LogP contribution in [-0.4, -0.2) is 46.0 Å². The lowest BCUT2D eigenvalue weighted by molar-refractivity contribution is 0.0757. The summed E-state index contributed by atoms with van der Waals surface area (Å²) in [5, 5.41) is 9.36. The molecule has 1 aromatic carbocycles. The van der Waals surface area contributed by atoms with Crippen LogP contribution < -0.4 is 11.1 Å². The van der Waals surface area contributed by atoms with Gasteiger partial charge in [-0.15, -0.1) is 11.3 Å². The molecule has 0 bridgehead atoms. The van der Waals surface area contributed by atoms with Gasteiger partial charge >= 0.3 is 0 Å². The lowest BCUT2D eigenvalue weighted by atomic mass is 10.2. The van der Waals surface area contributed by atoms with Crippen LogP contribution in [0.5, 0.6) is 0 Å². The third-order valence-corrected chi connectivity index (χ3v) is 5.41. The van der Waals surface area contributed by atoms with Crippen LogP contribution in [0.1, 0.15) is 35.5 Å². The maximum atomic E-state index is 13.0. The molecule has 3 N–H and O–H groups in total. The predicted octanol–water partition coefficient (Wildman–Crippen LogP) is 3.66. The normalized spacial score (nSPS) is 11.8. The van der Waals surface area contributed by atoms with Gasteiger partial charge in [0.1, 0.15) is 16.9 Å². The number of nitrogens with zero attached hydrogens (tertiary/aromatic N) is 4. The Labute approximate surface area is 183 Å². The first-order valence-corrected chi connectivity index (χ1v) is 11.0. The number of amides is 1. The van der Waals surface area contributed by atoms with Crippen molar-refractivity contribution in [1.29, 1.82) is 0 Å². The van der Waals surface area contributed by atoms with Crippen LogP contribution in [0.25, 0.3) is 22.2 Å². The highest BCUT2D eigenvalue weighted by molar-refractivity contribution is 7.11. The summed E-state index contributed by atoms with van der Waals surface area (Å²) in [6.07, 6.45) is 2.56. The molecule has 0 aliphatic heterocycles. The largest absolute Gasteiger partial charge is 0.383 e. The average molecular weight is 437 g/mol. The zero-order valence-corrected chi connectivity index (χ0v) is 18.2. The minimum Gasteiger partial charge on any atom is -0.383 e. The molecule has 1 amide bonds. The molecule has 0 aliphatic carbocycles. The number of nitrogens with two attached hydrogens (primary N) is 1. The number of anilines is 1. The van der Waals surface area contributed by atoms with Gasteiger partial charge in [0.05, 0.1) is 23.4 Å². The van der Waals surface area contributed by atoms with E-state index in [0.717, 1.165) is 4.88 Å². The van der Waals surface area contributed by atoms with Gasteiger partial charge in [0, 0.05) is 18.0 Å². The summed E-state index contributed by atoms with van der Waals surface area (Å²) in [4.78, 5) is 23.3. The summed E-state index contributed by atoms with van der Waals surface area (Å²) in [6.45, 7) is 5.00. The fourth-order valence-electron chi connectivity index (χ4n) is 3.15. The van der Waals surface area contributed by atoms with Crippen LogP contribution in [0.15, 0.2) is 46.9 Å². The highest BCUT2D eigenvalue weighted by atomic mass is 32.1. The number of nitrogens with one attached hydrogen (secondary N) is 1. The van der Waals surface area contributed by atoms with Crippen molar-refractivity contribution < 1.29 is 9.53 Å². The SMILES string of the molecule is CC(C)OCCCNC(=O)c1c(N)n(/N=C/c2cccs2)c2nc3ccccc3nc12. The Morgan fingerprint density at radius 3 is 2.74 bits per heavy atom. The molecule has 3 heterocycles. The molecule has 160 valence electrons. The first kappa shape index (κ1) is 21.0. The van der Waals surface area contributed by atoms with Gasteiger partial charge in [0.15, 0.2) is 5.65 Å².